The van der Waals surface area contributed by atoms with Crippen LogP contribution in [0, 0.1) is 12.2 Å². The van der Waals surface area contributed by atoms with E-state index >= 15 is 0 Å². The van der Waals surface area contributed by atoms with Crippen molar-refractivity contribution in [1.82, 2.24) is 54.8 Å². The maximum absolute atomic E-state index is 13.9. The van der Waals surface area contributed by atoms with E-state index in [1.165, 1.54) is 12.1 Å². The number of nitrogens with one attached hydrogen (secondary N) is 3. The summed E-state index contributed by atoms with van der Waals surface area (Å²) in [6.07, 6.45) is -2.99. The maximum Gasteiger partial charge on any atom is 0.315 e. The molecule has 2 aliphatic rings. The Hall–Kier alpha value is -6.62. The van der Waals surface area contributed by atoms with Crippen LogP contribution in [0.1, 0.15) is 0 Å². The summed E-state index contributed by atoms with van der Waals surface area (Å²) >= 11 is 0. The minimum Gasteiger partial charge on any atom is -0.324 e. The smallest absolute Gasteiger partial charge is 0.315 e. The van der Waals surface area contributed by atoms with Crippen LogP contribution >= 0.6 is 0 Å². The molecule has 0 saturated carbocycles. The van der Waals surface area contributed by atoms with Crippen molar-refractivity contribution < 1.29 is 34.3 Å². The predicted molar refractivity (Wildman–Crippen MR) is 187 cm³/mol. The molecule has 6 heterocycles. The van der Waals surface area contributed by atoms with Gasteiger partial charge in [0.2, 0.25) is 5.95 Å². The molecule has 0 fully saturated rings. The summed E-state index contributed by atoms with van der Waals surface area (Å²) in [5, 5.41) is 2.11. The minimum atomic E-state index is -4.60. The monoisotopic (exact) mass is 771 g/mol. The third-order valence-corrected chi connectivity index (χ3v) is 10.0. The van der Waals surface area contributed by atoms with E-state index in [1.807, 2.05) is 72.8 Å². The molecule has 0 saturated heterocycles. The Morgan fingerprint density at radius 2 is 0.887 bits per heavy atom. The van der Waals surface area contributed by atoms with Gasteiger partial charge in [0.1, 0.15) is 22.6 Å². The van der Waals surface area contributed by atoms with Crippen LogP contribution < -0.4 is 4.72 Å². The minimum absolute atomic E-state index is 0. The molecule has 14 nitrogen and oxygen atoms in total. The second kappa shape index (κ2) is 12.0. The van der Waals surface area contributed by atoms with Crippen molar-refractivity contribution in [2.24, 2.45) is 0 Å². The number of hydrogen-bond donors (Lipinski definition) is 3. The van der Waals surface area contributed by atoms with E-state index in [9.17, 15) is 17.2 Å². The molecule has 261 valence electrons. The summed E-state index contributed by atoms with van der Waals surface area (Å²) in [5.41, 5.74) is 4.17. The number of aromatic nitrogens is 11. The number of nitrogens with zero attached hydrogens (tertiary/aromatic N) is 9. The van der Waals surface area contributed by atoms with Crippen molar-refractivity contribution >= 4 is 60.1 Å². The Morgan fingerprint density at radius 1 is 0.472 bits per heavy atom. The molecule has 3 N–H and O–H groups in total. The number of anilines is 1. The topological polar surface area (TPSA) is 194 Å². The number of aromatic amines is 2. The first kappa shape index (κ1) is 32.3. The molecule has 0 amide bonds. The zero-order chi connectivity index (χ0) is 35.1. The fourth-order valence-corrected chi connectivity index (χ4v) is 7.60. The van der Waals surface area contributed by atoms with E-state index < -0.39 is 28.1 Å². The van der Waals surface area contributed by atoms with Crippen LogP contribution in [0.3, 0.4) is 0 Å². The molecule has 8 aromatic rings. The van der Waals surface area contributed by atoms with Gasteiger partial charge in [0.05, 0.1) is 4.90 Å². The van der Waals surface area contributed by atoms with Crippen LogP contribution in [0.2, 0.25) is 0 Å². The molecule has 2 aliphatic heterocycles. The molecular formula is C35H18CuF2N12O2S. The first-order valence-corrected chi connectivity index (χ1v) is 17.1. The molecule has 0 unspecified atom stereocenters. The Morgan fingerprint density at radius 3 is 1.40 bits per heavy atom. The number of hydrogen-bond acceptors (Lipinski definition) is 11. The predicted octanol–water partition coefficient (Wildman–Crippen LogP) is 6.13. The third-order valence-electron chi connectivity index (χ3n) is 8.64. The maximum atomic E-state index is 13.9. The second-order valence-corrected chi connectivity index (χ2v) is 13.4. The average molecular weight is 772 g/mol. The number of H-pyrrole nitrogens is 2. The van der Waals surface area contributed by atoms with Crippen molar-refractivity contribution in [2.45, 2.75) is 4.90 Å². The fraction of sp³-hybridized carbons (Fsp3) is 0. The number of benzene rings is 4. The summed E-state index contributed by atoms with van der Waals surface area (Å²) in [4.78, 5) is 45.0. The molecule has 8 bridgehead atoms. The van der Waals surface area contributed by atoms with Gasteiger partial charge >= 0.3 is 12.2 Å². The molecule has 4 aromatic carbocycles. The average Bonchev–Trinajstić information content (AvgIpc) is 3.87. The summed E-state index contributed by atoms with van der Waals surface area (Å²) in [6, 6.07) is 27.1. The third kappa shape index (κ3) is 5.26. The van der Waals surface area contributed by atoms with E-state index in [0.29, 0.717) is 50.8 Å². The summed E-state index contributed by atoms with van der Waals surface area (Å²) in [5.74, 6) is 0.499. The van der Waals surface area contributed by atoms with Gasteiger partial charge in [-0.1, -0.05) is 84.9 Å². The molecular weight excluding hydrogens is 754 g/mol. The van der Waals surface area contributed by atoms with Gasteiger partial charge in [-0.3, -0.25) is 0 Å². The second-order valence-electron chi connectivity index (χ2n) is 11.7. The first-order valence-electron chi connectivity index (χ1n) is 15.6. The van der Waals surface area contributed by atoms with Crippen LogP contribution in [0.5, 0.6) is 0 Å². The molecule has 4 aromatic heterocycles. The standard InChI is InChI=1S/C35H18F2N12O2S.Cu/c36-33-46-34(37)48-35(47-33)49-52(50,51)23-15-7-14-22-24(23)32-44-30-21-13-6-5-12-20(21)28(42-30)40-26-17-9-2-1-8-16(17)25(38-26)39-27-18-10-3-4-11-19(18)29(41-27)43-31(22)45-32;/h1-15H,(H,46,47,48,49)(H2,38,39,40,41,42,43,44,45);. The van der Waals surface area contributed by atoms with Crippen molar-refractivity contribution in [3.8, 4) is 45.6 Å². The van der Waals surface area contributed by atoms with Crippen LogP contribution in [-0.4, -0.2) is 63.2 Å². The van der Waals surface area contributed by atoms with Crippen LogP contribution in [-0.2, 0) is 27.1 Å². The van der Waals surface area contributed by atoms with Crippen molar-refractivity contribution in [3.63, 3.8) is 0 Å². The molecule has 0 spiro atoms. The molecule has 18 heteroatoms. The summed E-state index contributed by atoms with van der Waals surface area (Å²) in [7, 11) is -4.60. The van der Waals surface area contributed by atoms with Crippen LogP contribution in [0.4, 0.5) is 14.7 Å². The van der Waals surface area contributed by atoms with Gasteiger partial charge in [0, 0.05) is 60.9 Å². The van der Waals surface area contributed by atoms with Crippen molar-refractivity contribution in [2.75, 3.05) is 4.72 Å². The zero-order valence-corrected chi connectivity index (χ0v) is 28.2. The van der Waals surface area contributed by atoms with Gasteiger partial charge < -0.3 is 9.97 Å². The van der Waals surface area contributed by atoms with Gasteiger partial charge in [0.25, 0.3) is 10.0 Å². The van der Waals surface area contributed by atoms with Crippen LogP contribution in [0.25, 0.3) is 89.7 Å². The molecule has 53 heavy (non-hydrogen) atoms. The van der Waals surface area contributed by atoms with Gasteiger partial charge in [-0.15, -0.1) is 0 Å². The van der Waals surface area contributed by atoms with E-state index in [1.54, 1.807) is 6.07 Å². The Balaban J connectivity index is 0.00000372. The molecule has 1 radical (unpaired) electrons. The Kier molecular flexibility index (Phi) is 7.30. The van der Waals surface area contributed by atoms with Gasteiger partial charge in [-0.25, -0.2) is 43.0 Å². The first-order chi connectivity index (χ1) is 25.3. The summed E-state index contributed by atoms with van der Waals surface area (Å²) in [6.45, 7) is 0. The SMILES string of the molecule is O=S(=O)(Nc1nc(F)nc(F)n1)c1cccc2c3nc4nc(nc5[nH]c(nc6nc(nc([nH]3)c12)-c1ccccc1-6)c1ccccc51)-c1ccccc1-4.[Cu]. The number of rotatable bonds is 3. The van der Waals surface area contributed by atoms with Crippen LogP contribution in [0.15, 0.2) is 95.9 Å². The van der Waals surface area contributed by atoms with E-state index in [-0.39, 0.29) is 44.5 Å². The van der Waals surface area contributed by atoms with Gasteiger partial charge in [0.15, 0.2) is 23.3 Å². The van der Waals surface area contributed by atoms with E-state index in [4.69, 9.17) is 29.9 Å². The van der Waals surface area contributed by atoms with Gasteiger partial charge in [-0.05, 0) is 6.07 Å². The number of sulfonamides is 1. The summed E-state index contributed by atoms with van der Waals surface area (Å²) < 4.78 is 57.5. The van der Waals surface area contributed by atoms with Gasteiger partial charge in [-0.2, -0.15) is 23.7 Å². The fourth-order valence-electron chi connectivity index (χ4n) is 6.43. The molecule has 10 rings (SSSR count). The largest absolute Gasteiger partial charge is 0.324 e. The van der Waals surface area contributed by atoms with Crippen molar-refractivity contribution in [1.29, 1.82) is 0 Å². The Labute approximate surface area is 306 Å². The Bertz CT molecular complexity index is 3110. The van der Waals surface area contributed by atoms with E-state index in [2.05, 4.69) is 29.6 Å². The quantitative estimate of drug-likeness (QED) is 0.175. The molecule has 0 atom stereocenters. The van der Waals surface area contributed by atoms with Crippen molar-refractivity contribution in [3.05, 3.63) is 103 Å². The zero-order valence-electron chi connectivity index (χ0n) is 26.5. The number of fused-ring (bicyclic) bond motifs is 20. The molecule has 0 aliphatic carbocycles. The normalized spacial score (nSPS) is 12.0. The van der Waals surface area contributed by atoms with E-state index in [0.717, 1.165) is 16.3 Å². The number of halogens is 2.